The predicted octanol–water partition coefficient (Wildman–Crippen LogP) is 6.48. The van der Waals surface area contributed by atoms with E-state index in [-0.39, 0.29) is 37.9 Å². The third-order valence-corrected chi connectivity index (χ3v) is 12.1. The lowest BCUT2D eigenvalue weighted by Crippen LogP contribution is -2.47. The molecule has 4 aromatic carbocycles. The fourth-order valence-corrected chi connectivity index (χ4v) is 7.84. The van der Waals surface area contributed by atoms with E-state index in [2.05, 4.69) is 32.7 Å². The lowest BCUT2D eigenvalue weighted by molar-refractivity contribution is -0.141. The first-order chi connectivity index (χ1) is 35.6. The standard InChI is InChI=1S/C54H70ClFN8O9/c1-62(30-34-71-36-35-69-32-24-48(61-57)40-58-25-33-70-37-38-73-50-21-17-47(18-22-50)60-41-65)26-2-3-31-72-49-19-8-42(9-20-49)10-23-52(67)64(29-28-63-27-4-5-51(63)66)53(44-11-15-46(56)16-12-44)54(68)59-39-43-6-13-45(55)14-7-43/h6-9,11-22,40-41,53H,2-5,10,23-39,57H2,1H3,(H,59,68)(H,60,65)/b58-40?,61-48-. The minimum Gasteiger partial charge on any atom is -0.494 e. The van der Waals surface area contributed by atoms with Gasteiger partial charge < -0.3 is 54.9 Å². The second-order valence-corrected chi connectivity index (χ2v) is 17.7. The molecule has 0 aromatic heterocycles. The molecule has 0 spiro atoms. The summed E-state index contributed by atoms with van der Waals surface area (Å²) in [6.07, 6.45) is 6.35. The zero-order chi connectivity index (χ0) is 51.9. The fourth-order valence-electron chi connectivity index (χ4n) is 7.71. The summed E-state index contributed by atoms with van der Waals surface area (Å²) in [4.78, 5) is 61.0. The smallest absolute Gasteiger partial charge is 0.247 e. The molecule has 17 nitrogen and oxygen atoms in total. The topological polar surface area (TPSA) is 199 Å². The molecule has 1 aliphatic heterocycles. The number of likely N-dealkylation sites (tertiary alicyclic amines) is 1. The van der Waals surface area contributed by atoms with Gasteiger partial charge in [-0.1, -0.05) is 48.0 Å². The Morgan fingerprint density at radius 3 is 2.16 bits per heavy atom. The number of aryl methyl sites for hydroxylation is 1. The highest BCUT2D eigenvalue weighted by molar-refractivity contribution is 6.30. The second kappa shape index (κ2) is 33.3. The minimum absolute atomic E-state index is 0.0216. The summed E-state index contributed by atoms with van der Waals surface area (Å²) < 4.78 is 42.7. The van der Waals surface area contributed by atoms with Gasteiger partial charge in [0.1, 0.15) is 30.0 Å². The van der Waals surface area contributed by atoms with Gasteiger partial charge in [0.15, 0.2) is 0 Å². The van der Waals surface area contributed by atoms with Crippen molar-refractivity contribution in [3.05, 3.63) is 125 Å². The Morgan fingerprint density at radius 1 is 0.795 bits per heavy atom. The van der Waals surface area contributed by atoms with Gasteiger partial charge in [0, 0.05) is 68.9 Å². The third kappa shape index (κ3) is 22.1. The Hall–Kier alpha value is -6.44. The molecule has 4 aromatic rings. The minimum atomic E-state index is -1.05. The maximum atomic E-state index is 14.2. The number of anilines is 1. The van der Waals surface area contributed by atoms with E-state index in [1.807, 2.05) is 36.4 Å². The summed E-state index contributed by atoms with van der Waals surface area (Å²) in [5.74, 6) is 5.84. The SMILES string of the molecule is CN(CCCCOc1ccc(CCC(=O)N(CCN2CCCC2=O)C(C(=O)NCc2ccc(Cl)cc2)c2ccc(F)cc2)cc1)CCOCCOCC/C(C=NCCOCCOc1ccc(NC=O)cc1)=N/N. The number of aliphatic imine (C=N–C) groups is 1. The predicted molar refractivity (Wildman–Crippen MR) is 281 cm³/mol. The third-order valence-electron chi connectivity index (χ3n) is 11.8. The van der Waals surface area contributed by atoms with Crippen molar-refractivity contribution in [1.29, 1.82) is 0 Å². The number of rotatable bonds is 36. The van der Waals surface area contributed by atoms with E-state index < -0.39 is 17.8 Å². The van der Waals surface area contributed by atoms with E-state index in [4.69, 9.17) is 41.1 Å². The number of carbonyl (C=O) groups is 4. The molecule has 1 fully saturated rings. The van der Waals surface area contributed by atoms with E-state index in [0.717, 1.165) is 49.2 Å². The van der Waals surface area contributed by atoms with Crippen molar-refractivity contribution in [3.63, 3.8) is 0 Å². The number of ether oxygens (including phenoxy) is 5. The maximum absolute atomic E-state index is 14.2. The number of hydrazone groups is 1. The highest BCUT2D eigenvalue weighted by atomic mass is 35.5. The number of amides is 4. The van der Waals surface area contributed by atoms with Crippen LogP contribution in [0.25, 0.3) is 0 Å². The number of nitrogens with two attached hydrogens (primary N) is 1. The van der Waals surface area contributed by atoms with Crippen molar-refractivity contribution in [2.45, 2.75) is 57.5 Å². The van der Waals surface area contributed by atoms with Gasteiger partial charge in [-0.15, -0.1) is 0 Å². The average Bonchev–Trinajstić information content (AvgIpc) is 3.82. The van der Waals surface area contributed by atoms with Crippen molar-refractivity contribution < 1.29 is 47.3 Å². The molecule has 19 heteroatoms. The number of unbranched alkanes of at least 4 members (excludes halogenated alkanes) is 1. The normalized spacial score (nSPS) is 13.1. The number of halogens is 2. The van der Waals surface area contributed by atoms with Gasteiger partial charge in [0.05, 0.1) is 58.5 Å². The van der Waals surface area contributed by atoms with Crippen LogP contribution in [0.1, 0.15) is 61.3 Å². The van der Waals surface area contributed by atoms with Crippen LogP contribution < -0.4 is 25.9 Å². The lowest BCUT2D eigenvalue weighted by Gasteiger charge is -2.33. The van der Waals surface area contributed by atoms with Crippen LogP contribution in [0.5, 0.6) is 11.5 Å². The van der Waals surface area contributed by atoms with Crippen LogP contribution in [-0.2, 0) is 46.4 Å². The van der Waals surface area contributed by atoms with E-state index >= 15 is 0 Å². The van der Waals surface area contributed by atoms with Gasteiger partial charge in [0.25, 0.3) is 0 Å². The summed E-state index contributed by atoms with van der Waals surface area (Å²) >= 11 is 6.06. The van der Waals surface area contributed by atoms with Crippen LogP contribution in [0.2, 0.25) is 5.02 Å². The van der Waals surface area contributed by atoms with E-state index in [9.17, 15) is 23.6 Å². The van der Waals surface area contributed by atoms with Crippen molar-refractivity contribution >= 4 is 53.3 Å². The number of nitrogens with zero attached hydrogens (tertiary/aromatic N) is 5. The lowest BCUT2D eigenvalue weighted by atomic mass is 10.0. The molecule has 0 radical (unpaired) electrons. The molecule has 1 heterocycles. The first kappa shape index (κ1) is 57.5. The first-order valence-corrected chi connectivity index (χ1v) is 25.2. The summed E-state index contributed by atoms with van der Waals surface area (Å²) in [5, 5.41) is 9.89. The Kier molecular flexibility index (Phi) is 26.2. The van der Waals surface area contributed by atoms with Crippen molar-refractivity contribution in [2.24, 2.45) is 15.9 Å². The fraction of sp³-hybridized carbons (Fsp3) is 0.444. The molecule has 5 rings (SSSR count). The van der Waals surface area contributed by atoms with Crippen LogP contribution in [0.4, 0.5) is 10.1 Å². The summed E-state index contributed by atoms with van der Waals surface area (Å²) in [7, 11) is 2.06. The first-order valence-electron chi connectivity index (χ1n) is 24.8. The molecular weight excluding hydrogens is 959 g/mol. The van der Waals surface area contributed by atoms with Crippen LogP contribution in [0.3, 0.4) is 0 Å². The largest absolute Gasteiger partial charge is 0.494 e. The number of carbonyl (C=O) groups excluding carboxylic acids is 4. The number of benzene rings is 4. The van der Waals surface area contributed by atoms with E-state index in [0.29, 0.717) is 119 Å². The summed E-state index contributed by atoms with van der Waals surface area (Å²) in [6, 6.07) is 26.4. The zero-order valence-electron chi connectivity index (χ0n) is 41.8. The van der Waals surface area contributed by atoms with Gasteiger partial charge in [-0.05, 0) is 117 Å². The number of hydrogen-bond donors (Lipinski definition) is 3. The molecule has 0 bridgehead atoms. The highest BCUT2D eigenvalue weighted by Crippen LogP contribution is 2.25. The van der Waals surface area contributed by atoms with Crippen molar-refractivity contribution in [3.8, 4) is 11.5 Å². The maximum Gasteiger partial charge on any atom is 0.247 e. The van der Waals surface area contributed by atoms with Crippen LogP contribution in [0.15, 0.2) is 107 Å². The van der Waals surface area contributed by atoms with Gasteiger partial charge in [0.2, 0.25) is 24.1 Å². The van der Waals surface area contributed by atoms with Crippen molar-refractivity contribution in [2.75, 3.05) is 104 Å². The highest BCUT2D eigenvalue weighted by Gasteiger charge is 2.32. The molecule has 1 unspecified atom stereocenters. The van der Waals surface area contributed by atoms with Crippen LogP contribution in [0, 0.1) is 5.82 Å². The second-order valence-electron chi connectivity index (χ2n) is 17.3. The molecule has 0 saturated carbocycles. The van der Waals surface area contributed by atoms with Crippen LogP contribution >= 0.6 is 11.6 Å². The molecule has 1 aliphatic rings. The molecule has 0 aliphatic carbocycles. The van der Waals surface area contributed by atoms with Gasteiger partial charge in [-0.25, -0.2) is 4.39 Å². The number of likely N-dealkylation sites (N-methyl/N-ethyl adjacent to an activating group) is 1. The molecule has 4 N–H and O–H groups in total. The van der Waals surface area contributed by atoms with Gasteiger partial charge in [-0.3, -0.25) is 24.2 Å². The number of nitrogens with one attached hydrogen (secondary N) is 2. The molecule has 4 amide bonds. The Bertz CT molecular complexity index is 2310. The monoisotopic (exact) mass is 1030 g/mol. The van der Waals surface area contributed by atoms with E-state index in [1.54, 1.807) is 47.5 Å². The number of hydrogen-bond acceptors (Lipinski definition) is 13. The summed E-state index contributed by atoms with van der Waals surface area (Å²) in [5.41, 5.74) is 3.55. The molecule has 1 atom stereocenters. The average molecular weight is 1030 g/mol. The Balaban J connectivity index is 0.922. The Morgan fingerprint density at radius 2 is 1.47 bits per heavy atom. The van der Waals surface area contributed by atoms with Gasteiger partial charge in [-0.2, -0.15) is 5.10 Å². The molecule has 394 valence electrons. The summed E-state index contributed by atoms with van der Waals surface area (Å²) in [6.45, 7) is 7.14. The molecular formula is C54H70ClFN8O9. The van der Waals surface area contributed by atoms with E-state index in [1.165, 1.54) is 29.2 Å². The Labute approximate surface area is 433 Å². The molecule has 1 saturated heterocycles. The zero-order valence-corrected chi connectivity index (χ0v) is 42.5. The molecule has 73 heavy (non-hydrogen) atoms. The van der Waals surface area contributed by atoms with Crippen LogP contribution in [-0.4, -0.2) is 150 Å². The quantitative estimate of drug-likeness (QED) is 0.0148. The van der Waals surface area contributed by atoms with Gasteiger partial charge >= 0.3 is 0 Å². The van der Waals surface area contributed by atoms with Crippen molar-refractivity contribution in [1.82, 2.24) is 20.0 Å².